The van der Waals surface area contributed by atoms with Crippen molar-refractivity contribution in [3.05, 3.63) is 0 Å². The van der Waals surface area contributed by atoms with Crippen molar-refractivity contribution in [2.24, 2.45) is 4.99 Å². The number of hydrogen-bond donors (Lipinski definition) is 2. The summed E-state index contributed by atoms with van der Waals surface area (Å²) in [5.41, 5.74) is 0. The normalized spacial score (nSPS) is 43.2. The maximum Gasteiger partial charge on any atom is 0.327 e. The molecule has 0 saturated carbocycles. The minimum atomic E-state index is -0.950. The van der Waals surface area contributed by atoms with Gasteiger partial charge in [-0.1, -0.05) is 0 Å². The number of piperidine rings is 1. The molecule has 0 radical (unpaired) electrons. The molecular weight excluding hydrogens is 330 g/mol. The third kappa shape index (κ3) is 2.26. The summed E-state index contributed by atoms with van der Waals surface area (Å²) in [6.07, 6.45) is 5.21. The van der Waals surface area contributed by atoms with Crippen LogP contribution >= 0.6 is 11.8 Å². The summed E-state index contributed by atoms with van der Waals surface area (Å²) >= 11 is 1.52. The van der Waals surface area contributed by atoms with Gasteiger partial charge in [0.1, 0.15) is 11.4 Å². The van der Waals surface area contributed by atoms with Gasteiger partial charge in [0.25, 0.3) is 5.91 Å². The molecule has 2 bridgehead atoms. The van der Waals surface area contributed by atoms with Gasteiger partial charge in [0.05, 0.1) is 12.4 Å². The van der Waals surface area contributed by atoms with Gasteiger partial charge in [-0.25, -0.2) is 4.79 Å². The van der Waals surface area contributed by atoms with E-state index >= 15 is 0 Å². The minimum Gasteiger partial charge on any atom is -0.480 e. The van der Waals surface area contributed by atoms with E-state index in [1.165, 1.54) is 16.7 Å². The third-order valence-electron chi connectivity index (χ3n) is 5.77. The fourth-order valence-electron chi connectivity index (χ4n) is 4.65. The predicted octanol–water partition coefficient (Wildman–Crippen LogP) is 0.518. The quantitative estimate of drug-likeness (QED) is 0.436. The second-order valence-corrected chi connectivity index (χ2v) is 9.54. The molecule has 8 heteroatoms. The Hall–Kier alpha value is -1.28. The van der Waals surface area contributed by atoms with E-state index < -0.39 is 22.8 Å². The zero-order chi connectivity index (χ0) is 17.2. The van der Waals surface area contributed by atoms with Crippen molar-refractivity contribution in [1.29, 1.82) is 0 Å². The summed E-state index contributed by atoms with van der Waals surface area (Å²) < 4.78 is -0.509. The van der Waals surface area contributed by atoms with Crippen molar-refractivity contribution in [3.8, 4) is 0 Å². The molecular formula is C16H23N3O4S. The van der Waals surface area contributed by atoms with Gasteiger partial charge in [-0.15, -0.1) is 11.8 Å². The smallest absolute Gasteiger partial charge is 0.327 e. The first-order valence-electron chi connectivity index (χ1n) is 8.51. The number of carboxylic acids is 1. The molecule has 4 fully saturated rings. The number of β-lactam (4-membered cyclic amide) rings is 1. The molecule has 6 atom stereocenters. The molecule has 0 aromatic rings. The molecule has 0 aliphatic carbocycles. The van der Waals surface area contributed by atoms with E-state index in [2.05, 4.69) is 9.89 Å². The molecule has 7 nitrogen and oxygen atoms in total. The molecule has 132 valence electrons. The highest BCUT2D eigenvalue weighted by atomic mass is 32.2. The van der Waals surface area contributed by atoms with Crippen LogP contribution in [0.25, 0.3) is 0 Å². The highest BCUT2D eigenvalue weighted by Gasteiger charge is 2.64. The number of aliphatic hydroxyl groups excluding tert-OH is 1. The van der Waals surface area contributed by atoms with Gasteiger partial charge in [-0.2, -0.15) is 0 Å². The Balaban J connectivity index is 1.48. The number of carbonyl (C=O) groups excluding carboxylic acids is 1. The number of hydrogen-bond acceptors (Lipinski definition) is 5. The van der Waals surface area contributed by atoms with Gasteiger partial charge in [0, 0.05) is 16.8 Å². The van der Waals surface area contributed by atoms with E-state index in [1.807, 2.05) is 13.8 Å². The number of aliphatic carboxylic acids is 1. The van der Waals surface area contributed by atoms with Crippen LogP contribution in [0.5, 0.6) is 0 Å². The summed E-state index contributed by atoms with van der Waals surface area (Å²) in [4.78, 5) is 32.1. The zero-order valence-electron chi connectivity index (χ0n) is 13.8. The van der Waals surface area contributed by atoms with E-state index in [4.69, 9.17) is 0 Å². The van der Waals surface area contributed by atoms with Crippen LogP contribution in [0.3, 0.4) is 0 Å². The molecule has 4 rings (SSSR count). The molecule has 0 unspecified atom stereocenters. The van der Waals surface area contributed by atoms with E-state index in [0.29, 0.717) is 12.1 Å². The molecule has 0 aromatic heterocycles. The van der Waals surface area contributed by atoms with Crippen LogP contribution in [0.1, 0.15) is 39.5 Å². The van der Waals surface area contributed by atoms with Crippen LogP contribution < -0.4 is 0 Å². The fourth-order valence-corrected chi connectivity index (χ4v) is 6.27. The lowest BCUT2D eigenvalue weighted by Crippen LogP contribution is -2.65. The highest BCUT2D eigenvalue weighted by molar-refractivity contribution is 8.01. The third-order valence-corrected chi connectivity index (χ3v) is 7.33. The number of rotatable bonds is 3. The van der Waals surface area contributed by atoms with Crippen LogP contribution in [0.4, 0.5) is 0 Å². The average molecular weight is 353 g/mol. The van der Waals surface area contributed by atoms with E-state index in [1.54, 1.807) is 6.34 Å². The molecule has 2 N–H and O–H groups in total. The first-order chi connectivity index (χ1) is 11.3. The lowest BCUT2D eigenvalue weighted by Gasteiger charge is -2.42. The first-order valence-corrected chi connectivity index (χ1v) is 9.39. The van der Waals surface area contributed by atoms with E-state index in [-0.39, 0.29) is 17.4 Å². The minimum absolute atomic E-state index is 0.183. The second-order valence-electron chi connectivity index (χ2n) is 7.76. The topological polar surface area (TPSA) is 93.4 Å². The monoisotopic (exact) mass is 353 g/mol. The highest BCUT2D eigenvalue weighted by Crippen LogP contribution is 2.51. The summed E-state index contributed by atoms with van der Waals surface area (Å²) in [5, 5.41) is 19.1. The Morgan fingerprint density at radius 3 is 2.54 bits per heavy atom. The number of aliphatic hydroxyl groups is 1. The maximum atomic E-state index is 12.4. The standard InChI is InChI=1S/C16H23N3O4S/c1-16(2)12(15(22)23)19-13(21)11(14(19)24-16)17-7-18-8-3-4-9(18)6-10(20)5-8/h7-12,14,20H,3-6H2,1-2H3,(H,22,23)/b17-7+/t8-,9+,10+,11-,12+,14-/m1/s1. The average Bonchev–Trinajstić information content (AvgIpc) is 2.88. The lowest BCUT2D eigenvalue weighted by molar-refractivity contribution is -0.158. The molecule has 0 spiro atoms. The second kappa shape index (κ2) is 5.36. The van der Waals surface area contributed by atoms with Crippen molar-refractivity contribution in [1.82, 2.24) is 9.80 Å². The van der Waals surface area contributed by atoms with Crippen molar-refractivity contribution >= 4 is 30.0 Å². The Bertz CT molecular complexity index is 596. The van der Waals surface area contributed by atoms with Gasteiger partial charge in [0.15, 0.2) is 6.04 Å². The Morgan fingerprint density at radius 2 is 1.96 bits per heavy atom. The van der Waals surface area contributed by atoms with Crippen LogP contribution in [0.2, 0.25) is 0 Å². The van der Waals surface area contributed by atoms with E-state index in [0.717, 1.165) is 25.7 Å². The number of thioether (sulfide) groups is 1. The summed E-state index contributed by atoms with van der Waals surface area (Å²) in [5.74, 6) is -1.14. The number of carbonyl (C=O) groups is 2. The molecule has 4 aliphatic rings. The summed E-state index contributed by atoms with van der Waals surface area (Å²) in [7, 11) is 0. The van der Waals surface area contributed by atoms with Gasteiger partial charge in [-0.05, 0) is 39.5 Å². The van der Waals surface area contributed by atoms with Crippen LogP contribution in [0.15, 0.2) is 4.99 Å². The van der Waals surface area contributed by atoms with Crippen LogP contribution in [-0.2, 0) is 9.59 Å². The van der Waals surface area contributed by atoms with Gasteiger partial charge < -0.3 is 20.0 Å². The number of amides is 1. The molecule has 0 aromatic carbocycles. The Labute approximate surface area is 145 Å². The van der Waals surface area contributed by atoms with Gasteiger partial charge in [-0.3, -0.25) is 9.79 Å². The van der Waals surface area contributed by atoms with Gasteiger partial charge >= 0.3 is 5.97 Å². The van der Waals surface area contributed by atoms with Crippen LogP contribution in [-0.4, -0.2) is 78.6 Å². The predicted molar refractivity (Wildman–Crippen MR) is 89.9 cm³/mol. The SMILES string of the molecule is CC1(C)S[C@@H]2[C@H](/N=C/N3[C@@H]4CC[C@H]3C[C@@H](O)C4)C(=O)N2[C@H]1C(=O)O. The number of fused-ring (bicyclic) bond motifs is 3. The molecule has 1 amide bonds. The molecule has 4 heterocycles. The first kappa shape index (κ1) is 16.2. The van der Waals surface area contributed by atoms with Crippen molar-refractivity contribution in [2.45, 2.75) is 79.9 Å². The van der Waals surface area contributed by atoms with Crippen molar-refractivity contribution in [2.75, 3.05) is 0 Å². The van der Waals surface area contributed by atoms with Crippen molar-refractivity contribution < 1.29 is 19.8 Å². The molecule has 24 heavy (non-hydrogen) atoms. The van der Waals surface area contributed by atoms with Crippen LogP contribution in [0, 0.1) is 0 Å². The molecule has 4 saturated heterocycles. The maximum absolute atomic E-state index is 12.4. The lowest BCUT2D eigenvalue weighted by atomic mass is 9.96. The fraction of sp³-hybridized carbons (Fsp3) is 0.812. The zero-order valence-corrected chi connectivity index (χ0v) is 14.6. The van der Waals surface area contributed by atoms with E-state index in [9.17, 15) is 19.8 Å². The number of nitrogens with zero attached hydrogens (tertiary/aromatic N) is 3. The Kier molecular flexibility index (Phi) is 3.62. The number of aliphatic imine (C=N–C) groups is 1. The summed E-state index contributed by atoms with van der Waals surface area (Å²) in [6, 6.07) is -0.640. The number of carboxylic acid groups (broad SMARTS) is 1. The molecule has 4 aliphatic heterocycles. The van der Waals surface area contributed by atoms with Gasteiger partial charge in [0.2, 0.25) is 0 Å². The van der Waals surface area contributed by atoms with Crippen molar-refractivity contribution in [3.63, 3.8) is 0 Å². The Morgan fingerprint density at radius 1 is 1.33 bits per heavy atom. The summed E-state index contributed by atoms with van der Waals surface area (Å²) in [6.45, 7) is 3.74. The largest absolute Gasteiger partial charge is 0.480 e.